The monoisotopic (exact) mass is 304 g/mol. The fourth-order valence-electron chi connectivity index (χ4n) is 2.35. The number of hydrogen-bond donors (Lipinski definition) is 2. The number of thiazole rings is 1. The summed E-state index contributed by atoms with van der Waals surface area (Å²) in [7, 11) is 0. The summed E-state index contributed by atoms with van der Waals surface area (Å²) in [4.78, 5) is 29.6. The van der Waals surface area contributed by atoms with Gasteiger partial charge in [0, 0.05) is 6.54 Å². The summed E-state index contributed by atoms with van der Waals surface area (Å²) >= 11 is 1.44. The molecule has 3 rings (SSSR count). The third kappa shape index (κ3) is 2.62. The molecule has 6 nitrogen and oxygen atoms in total. The number of carbonyl (C=O) groups is 2. The van der Waals surface area contributed by atoms with Gasteiger partial charge in [-0.1, -0.05) is 17.4 Å². The second-order valence-electron chi connectivity index (χ2n) is 5.08. The van der Waals surface area contributed by atoms with Crippen LogP contribution in [0.3, 0.4) is 0 Å². The number of nitrogens with zero attached hydrogens (tertiary/aromatic N) is 2. The van der Waals surface area contributed by atoms with Crippen molar-refractivity contribution in [3.05, 3.63) is 23.8 Å². The summed E-state index contributed by atoms with van der Waals surface area (Å²) < 4.78 is 1.04. The van der Waals surface area contributed by atoms with Gasteiger partial charge in [-0.25, -0.2) is 4.98 Å². The van der Waals surface area contributed by atoms with Crippen LogP contribution in [0.1, 0.15) is 12.0 Å². The number of fused-ring (bicyclic) bond motifs is 1. The molecule has 0 spiro atoms. The number of nitrogens with two attached hydrogens (primary N) is 1. The number of nitrogens with one attached hydrogen (secondary N) is 1. The van der Waals surface area contributed by atoms with Gasteiger partial charge in [0.1, 0.15) is 6.04 Å². The largest absolute Gasteiger partial charge is 0.329 e. The number of likely N-dealkylation sites (tertiary alicyclic amines) is 1. The number of benzene rings is 1. The van der Waals surface area contributed by atoms with Crippen molar-refractivity contribution in [2.45, 2.75) is 19.4 Å². The second-order valence-corrected chi connectivity index (χ2v) is 6.11. The van der Waals surface area contributed by atoms with Gasteiger partial charge in [0.15, 0.2) is 5.13 Å². The van der Waals surface area contributed by atoms with Crippen LogP contribution >= 0.6 is 11.3 Å². The predicted molar refractivity (Wildman–Crippen MR) is 82.2 cm³/mol. The molecule has 1 aromatic heterocycles. The molecule has 3 N–H and O–H groups in total. The van der Waals surface area contributed by atoms with E-state index >= 15 is 0 Å². The Kier molecular flexibility index (Phi) is 3.60. The van der Waals surface area contributed by atoms with E-state index in [0.717, 1.165) is 15.8 Å². The highest BCUT2D eigenvalue weighted by Crippen LogP contribution is 2.27. The molecule has 2 heterocycles. The lowest BCUT2D eigenvalue weighted by molar-refractivity contribution is -0.144. The van der Waals surface area contributed by atoms with Crippen molar-refractivity contribution >= 4 is 38.5 Å². The summed E-state index contributed by atoms with van der Waals surface area (Å²) in [5, 5.41) is 3.36. The van der Waals surface area contributed by atoms with Crippen molar-refractivity contribution in [2.75, 3.05) is 18.4 Å². The topological polar surface area (TPSA) is 88.3 Å². The number of aromatic nitrogens is 1. The SMILES string of the molecule is Cc1ccc2nc(NC(=O)[C@@H]3CCN3C(=O)CN)sc2c1. The molecule has 0 aliphatic carbocycles. The molecule has 1 aromatic carbocycles. The van der Waals surface area contributed by atoms with Gasteiger partial charge in [-0.2, -0.15) is 0 Å². The smallest absolute Gasteiger partial charge is 0.249 e. The van der Waals surface area contributed by atoms with Gasteiger partial charge < -0.3 is 16.0 Å². The predicted octanol–water partition coefficient (Wildman–Crippen LogP) is 1.10. The van der Waals surface area contributed by atoms with Gasteiger partial charge in [-0.15, -0.1) is 0 Å². The van der Waals surface area contributed by atoms with Crippen LogP contribution in [-0.2, 0) is 9.59 Å². The van der Waals surface area contributed by atoms with Gasteiger partial charge in [-0.3, -0.25) is 9.59 Å². The fraction of sp³-hybridized carbons (Fsp3) is 0.357. The van der Waals surface area contributed by atoms with Crippen LogP contribution in [0, 0.1) is 6.92 Å². The van der Waals surface area contributed by atoms with Gasteiger partial charge in [-0.05, 0) is 31.0 Å². The van der Waals surface area contributed by atoms with Crippen LogP contribution in [0.15, 0.2) is 18.2 Å². The fourth-order valence-corrected chi connectivity index (χ4v) is 3.32. The Morgan fingerprint density at radius 3 is 3.00 bits per heavy atom. The Hall–Kier alpha value is -1.99. The molecule has 0 radical (unpaired) electrons. The normalized spacial score (nSPS) is 17.6. The molecule has 1 aliphatic heterocycles. The van der Waals surface area contributed by atoms with E-state index in [1.807, 2.05) is 25.1 Å². The van der Waals surface area contributed by atoms with E-state index in [2.05, 4.69) is 10.3 Å². The minimum atomic E-state index is -0.421. The Bertz CT molecular complexity index is 712. The zero-order valence-electron chi connectivity index (χ0n) is 11.6. The number of amides is 2. The summed E-state index contributed by atoms with van der Waals surface area (Å²) in [5.41, 5.74) is 7.35. The number of rotatable bonds is 3. The van der Waals surface area contributed by atoms with E-state index in [0.29, 0.717) is 18.1 Å². The highest BCUT2D eigenvalue weighted by molar-refractivity contribution is 7.22. The molecule has 0 bridgehead atoms. The molecular weight excluding hydrogens is 288 g/mol. The minimum Gasteiger partial charge on any atom is -0.329 e. The summed E-state index contributed by atoms with van der Waals surface area (Å²) in [6.45, 7) is 2.54. The molecular formula is C14H16N4O2S. The molecule has 0 unspecified atom stereocenters. The van der Waals surface area contributed by atoms with E-state index in [9.17, 15) is 9.59 Å². The van der Waals surface area contributed by atoms with E-state index in [-0.39, 0.29) is 18.4 Å². The lowest BCUT2D eigenvalue weighted by atomic mass is 10.0. The average molecular weight is 304 g/mol. The third-order valence-corrected chi connectivity index (χ3v) is 4.52. The third-order valence-electron chi connectivity index (χ3n) is 3.59. The van der Waals surface area contributed by atoms with Crippen LogP contribution in [0.4, 0.5) is 5.13 Å². The lowest BCUT2D eigenvalue weighted by Crippen LogP contribution is -2.58. The second kappa shape index (κ2) is 5.42. The number of anilines is 1. The Balaban J connectivity index is 1.73. The first-order chi connectivity index (χ1) is 10.1. The molecule has 2 amide bonds. The molecule has 21 heavy (non-hydrogen) atoms. The highest BCUT2D eigenvalue weighted by atomic mass is 32.1. The lowest BCUT2D eigenvalue weighted by Gasteiger charge is -2.39. The van der Waals surface area contributed by atoms with Crippen LogP contribution < -0.4 is 11.1 Å². The van der Waals surface area contributed by atoms with E-state index in [1.54, 1.807) is 0 Å². The first-order valence-corrected chi connectivity index (χ1v) is 7.57. The maximum atomic E-state index is 12.2. The zero-order valence-corrected chi connectivity index (χ0v) is 12.4. The van der Waals surface area contributed by atoms with Gasteiger partial charge in [0.05, 0.1) is 16.8 Å². The summed E-state index contributed by atoms with van der Waals surface area (Å²) in [5.74, 6) is -0.389. The molecule has 1 saturated heterocycles. The Morgan fingerprint density at radius 1 is 1.52 bits per heavy atom. The maximum absolute atomic E-state index is 12.2. The van der Waals surface area contributed by atoms with Gasteiger partial charge in [0.2, 0.25) is 11.8 Å². The summed E-state index contributed by atoms with van der Waals surface area (Å²) in [6.07, 6.45) is 0.668. The number of carbonyl (C=O) groups excluding carboxylic acids is 2. The van der Waals surface area contributed by atoms with Crippen LogP contribution in [0.2, 0.25) is 0 Å². The van der Waals surface area contributed by atoms with Crippen molar-refractivity contribution in [1.82, 2.24) is 9.88 Å². The van der Waals surface area contributed by atoms with Crippen molar-refractivity contribution in [3.63, 3.8) is 0 Å². The van der Waals surface area contributed by atoms with Crippen molar-refractivity contribution in [3.8, 4) is 0 Å². The van der Waals surface area contributed by atoms with Crippen molar-refractivity contribution < 1.29 is 9.59 Å². The number of hydrogen-bond acceptors (Lipinski definition) is 5. The average Bonchev–Trinajstić information content (AvgIpc) is 2.78. The molecule has 0 saturated carbocycles. The summed E-state index contributed by atoms with van der Waals surface area (Å²) in [6, 6.07) is 5.54. The molecule has 1 fully saturated rings. The van der Waals surface area contributed by atoms with Crippen LogP contribution in [0.5, 0.6) is 0 Å². The van der Waals surface area contributed by atoms with Crippen molar-refractivity contribution in [2.24, 2.45) is 5.73 Å². The number of aryl methyl sites for hydroxylation is 1. The Morgan fingerprint density at radius 2 is 2.33 bits per heavy atom. The maximum Gasteiger partial charge on any atom is 0.249 e. The highest BCUT2D eigenvalue weighted by Gasteiger charge is 2.37. The quantitative estimate of drug-likeness (QED) is 0.889. The van der Waals surface area contributed by atoms with Crippen molar-refractivity contribution in [1.29, 1.82) is 0 Å². The first-order valence-electron chi connectivity index (χ1n) is 6.76. The minimum absolute atomic E-state index is 0.0653. The van der Waals surface area contributed by atoms with Gasteiger partial charge >= 0.3 is 0 Å². The van der Waals surface area contributed by atoms with Crippen LogP contribution in [-0.4, -0.2) is 40.8 Å². The van der Waals surface area contributed by atoms with Crippen LogP contribution in [0.25, 0.3) is 10.2 Å². The first kappa shape index (κ1) is 14.0. The van der Waals surface area contributed by atoms with Gasteiger partial charge in [0.25, 0.3) is 0 Å². The molecule has 7 heteroatoms. The molecule has 2 aromatic rings. The molecule has 1 aliphatic rings. The van der Waals surface area contributed by atoms with E-state index in [4.69, 9.17) is 5.73 Å². The Labute approximate surface area is 125 Å². The molecule has 1 atom stereocenters. The standard InChI is InChI=1S/C14H16N4O2S/c1-8-2-3-9-11(6-8)21-14(16-9)17-13(20)10-4-5-18(10)12(19)7-15/h2-3,6,10H,4-5,7,15H2,1H3,(H,16,17,20)/t10-/m0/s1. The molecule has 110 valence electrons. The van der Waals surface area contributed by atoms with E-state index in [1.165, 1.54) is 16.2 Å². The zero-order chi connectivity index (χ0) is 15.0. The van der Waals surface area contributed by atoms with E-state index < -0.39 is 6.04 Å².